The summed E-state index contributed by atoms with van der Waals surface area (Å²) < 4.78 is 0. The quantitative estimate of drug-likeness (QED) is 0.722. The predicted octanol–water partition coefficient (Wildman–Crippen LogP) is 3.29. The fraction of sp³-hybridized carbons (Fsp3) is 0.316. The van der Waals surface area contributed by atoms with Crippen molar-refractivity contribution in [3.8, 4) is 0 Å². The van der Waals surface area contributed by atoms with Gasteiger partial charge in [0.05, 0.1) is 0 Å². The maximum atomic E-state index is 11.8. The first-order valence-electron chi connectivity index (χ1n) is 8.44. The molecule has 0 aliphatic heterocycles. The van der Waals surface area contributed by atoms with E-state index in [1.54, 1.807) is 18.2 Å². The molecule has 0 bridgehead atoms. The van der Waals surface area contributed by atoms with Gasteiger partial charge in [0.25, 0.3) is 5.91 Å². The Balaban J connectivity index is 2.09. The van der Waals surface area contributed by atoms with Crippen molar-refractivity contribution >= 4 is 23.1 Å². The van der Waals surface area contributed by atoms with Crippen LogP contribution >= 0.6 is 0 Å². The van der Waals surface area contributed by atoms with Gasteiger partial charge in [0.2, 0.25) is 0 Å². The number of nitrogens with one attached hydrogen (secondary N) is 2. The third-order valence-electron chi connectivity index (χ3n) is 3.91. The van der Waals surface area contributed by atoms with Crippen molar-refractivity contribution in [3.05, 3.63) is 54.2 Å². The van der Waals surface area contributed by atoms with Gasteiger partial charge in [-0.05, 0) is 56.7 Å². The van der Waals surface area contributed by atoms with Crippen LogP contribution in [0.1, 0.15) is 29.9 Å². The Kier molecular flexibility index (Phi) is 6.51. The molecule has 2 N–H and O–H groups in total. The highest BCUT2D eigenvalue weighted by molar-refractivity contribution is 5.92. The molecule has 0 aliphatic rings. The standard InChI is InChI=1S/C19H25N5O/c1-5-12-20-19(25)17-10-11-18(23-22-17)21-16-9-8-15(13-14(16)4)24(6-2)7-3/h5,8-11,13H,1,6-7,12H2,2-4H3,(H,20,25)(H,21,23). The largest absolute Gasteiger partial charge is 0.372 e. The van der Waals surface area contributed by atoms with Crippen LogP contribution in [0.4, 0.5) is 17.2 Å². The summed E-state index contributed by atoms with van der Waals surface area (Å²) in [6.07, 6.45) is 1.62. The van der Waals surface area contributed by atoms with Gasteiger partial charge >= 0.3 is 0 Å². The Bertz CT molecular complexity index is 723. The Hall–Kier alpha value is -2.89. The lowest BCUT2D eigenvalue weighted by Gasteiger charge is -2.22. The van der Waals surface area contributed by atoms with E-state index in [2.05, 4.69) is 65.2 Å². The molecule has 0 fully saturated rings. The van der Waals surface area contributed by atoms with Crippen molar-refractivity contribution in [3.63, 3.8) is 0 Å². The van der Waals surface area contributed by atoms with E-state index in [4.69, 9.17) is 0 Å². The second-order valence-electron chi connectivity index (χ2n) is 5.60. The lowest BCUT2D eigenvalue weighted by atomic mass is 10.1. The van der Waals surface area contributed by atoms with Gasteiger partial charge < -0.3 is 15.5 Å². The lowest BCUT2D eigenvalue weighted by molar-refractivity contribution is 0.0952. The van der Waals surface area contributed by atoms with Crippen molar-refractivity contribution in [2.24, 2.45) is 0 Å². The summed E-state index contributed by atoms with van der Waals surface area (Å²) in [7, 11) is 0. The minimum Gasteiger partial charge on any atom is -0.372 e. The van der Waals surface area contributed by atoms with Crippen molar-refractivity contribution in [1.29, 1.82) is 0 Å². The average Bonchev–Trinajstić information content (AvgIpc) is 2.63. The van der Waals surface area contributed by atoms with E-state index in [0.717, 1.165) is 24.3 Å². The fourth-order valence-corrected chi connectivity index (χ4v) is 2.49. The molecule has 2 aromatic rings. The van der Waals surface area contributed by atoms with Crippen LogP contribution in [0.3, 0.4) is 0 Å². The van der Waals surface area contributed by atoms with Gasteiger partial charge in [-0.2, -0.15) is 0 Å². The number of aryl methyl sites for hydroxylation is 1. The molecule has 1 aromatic carbocycles. The van der Waals surface area contributed by atoms with Gasteiger partial charge in [0, 0.05) is 31.0 Å². The molecular formula is C19H25N5O. The summed E-state index contributed by atoms with van der Waals surface area (Å²) in [5.74, 6) is 0.331. The zero-order valence-electron chi connectivity index (χ0n) is 15.0. The number of carbonyl (C=O) groups excluding carboxylic acids is 1. The third-order valence-corrected chi connectivity index (χ3v) is 3.91. The Morgan fingerprint density at radius 3 is 2.52 bits per heavy atom. The van der Waals surface area contributed by atoms with Crippen molar-refractivity contribution in [2.75, 3.05) is 29.9 Å². The summed E-state index contributed by atoms with van der Waals surface area (Å²) in [4.78, 5) is 14.1. The van der Waals surface area contributed by atoms with Crippen LogP contribution in [0.5, 0.6) is 0 Å². The molecule has 0 unspecified atom stereocenters. The summed E-state index contributed by atoms with van der Waals surface area (Å²) >= 11 is 0. The van der Waals surface area contributed by atoms with E-state index < -0.39 is 0 Å². The monoisotopic (exact) mass is 339 g/mol. The second-order valence-corrected chi connectivity index (χ2v) is 5.60. The van der Waals surface area contributed by atoms with E-state index in [-0.39, 0.29) is 11.6 Å². The number of carbonyl (C=O) groups is 1. The van der Waals surface area contributed by atoms with Gasteiger partial charge in [-0.3, -0.25) is 4.79 Å². The van der Waals surface area contributed by atoms with Gasteiger partial charge in [-0.25, -0.2) is 0 Å². The molecule has 25 heavy (non-hydrogen) atoms. The van der Waals surface area contributed by atoms with E-state index in [0.29, 0.717) is 12.4 Å². The molecular weight excluding hydrogens is 314 g/mol. The second kappa shape index (κ2) is 8.82. The average molecular weight is 339 g/mol. The Morgan fingerprint density at radius 2 is 1.96 bits per heavy atom. The minimum absolute atomic E-state index is 0.265. The normalized spacial score (nSPS) is 10.2. The SMILES string of the molecule is C=CCNC(=O)c1ccc(Nc2ccc(N(CC)CC)cc2C)nn1. The number of rotatable bonds is 8. The van der Waals surface area contributed by atoms with E-state index in [9.17, 15) is 4.79 Å². The Morgan fingerprint density at radius 1 is 1.20 bits per heavy atom. The minimum atomic E-state index is -0.265. The first-order chi connectivity index (χ1) is 12.1. The molecule has 0 saturated heterocycles. The molecule has 0 atom stereocenters. The van der Waals surface area contributed by atoms with Gasteiger partial charge in [-0.1, -0.05) is 6.08 Å². The van der Waals surface area contributed by atoms with Crippen molar-refractivity contribution in [1.82, 2.24) is 15.5 Å². The van der Waals surface area contributed by atoms with Crippen LogP contribution in [-0.4, -0.2) is 35.7 Å². The maximum absolute atomic E-state index is 11.8. The number of anilines is 3. The molecule has 6 nitrogen and oxygen atoms in total. The maximum Gasteiger partial charge on any atom is 0.272 e. The predicted molar refractivity (Wildman–Crippen MR) is 103 cm³/mol. The van der Waals surface area contributed by atoms with Crippen molar-refractivity contribution in [2.45, 2.75) is 20.8 Å². The fourth-order valence-electron chi connectivity index (χ4n) is 2.49. The van der Waals surface area contributed by atoms with Crippen LogP contribution in [-0.2, 0) is 0 Å². The lowest BCUT2D eigenvalue weighted by Crippen LogP contribution is -2.24. The number of nitrogens with zero attached hydrogens (tertiary/aromatic N) is 3. The first-order valence-corrected chi connectivity index (χ1v) is 8.44. The highest BCUT2D eigenvalue weighted by atomic mass is 16.1. The van der Waals surface area contributed by atoms with Crippen molar-refractivity contribution < 1.29 is 4.79 Å². The van der Waals surface area contributed by atoms with Crippen LogP contribution < -0.4 is 15.5 Å². The number of amides is 1. The number of hydrogen-bond donors (Lipinski definition) is 2. The summed E-state index contributed by atoms with van der Waals surface area (Å²) in [5, 5.41) is 14.0. The summed E-state index contributed by atoms with van der Waals surface area (Å²) in [6.45, 7) is 12.3. The Labute approximate surface area is 149 Å². The summed E-state index contributed by atoms with van der Waals surface area (Å²) in [5.41, 5.74) is 3.57. The smallest absolute Gasteiger partial charge is 0.272 e. The first kappa shape index (κ1) is 18.4. The van der Waals surface area contributed by atoms with Gasteiger partial charge in [-0.15, -0.1) is 16.8 Å². The molecule has 1 aromatic heterocycles. The molecule has 6 heteroatoms. The van der Waals surface area contributed by atoms with E-state index in [1.807, 2.05) is 6.07 Å². The van der Waals surface area contributed by atoms with E-state index >= 15 is 0 Å². The zero-order valence-corrected chi connectivity index (χ0v) is 15.0. The zero-order chi connectivity index (χ0) is 18.2. The van der Waals surface area contributed by atoms with Crippen LogP contribution in [0.25, 0.3) is 0 Å². The highest BCUT2D eigenvalue weighted by Crippen LogP contribution is 2.24. The number of aromatic nitrogens is 2. The third kappa shape index (κ3) is 4.79. The van der Waals surface area contributed by atoms with Gasteiger partial charge in [0.15, 0.2) is 11.5 Å². The molecule has 0 aliphatic carbocycles. The van der Waals surface area contributed by atoms with E-state index in [1.165, 1.54) is 5.69 Å². The molecule has 0 radical (unpaired) electrons. The molecule has 1 amide bonds. The molecule has 132 valence electrons. The summed E-state index contributed by atoms with van der Waals surface area (Å²) in [6, 6.07) is 9.67. The van der Waals surface area contributed by atoms with Crippen LogP contribution in [0.2, 0.25) is 0 Å². The van der Waals surface area contributed by atoms with Gasteiger partial charge in [0.1, 0.15) is 0 Å². The number of hydrogen-bond acceptors (Lipinski definition) is 5. The van der Waals surface area contributed by atoms with Crippen LogP contribution in [0.15, 0.2) is 43.0 Å². The molecule has 1 heterocycles. The number of benzene rings is 1. The molecule has 0 spiro atoms. The molecule has 2 rings (SSSR count). The highest BCUT2D eigenvalue weighted by Gasteiger charge is 2.09. The molecule has 0 saturated carbocycles. The van der Waals surface area contributed by atoms with Crippen LogP contribution in [0, 0.1) is 6.92 Å². The topological polar surface area (TPSA) is 70.2 Å².